The van der Waals surface area contributed by atoms with Crippen LogP contribution in [0.4, 0.5) is 0 Å². The molecule has 20 heavy (non-hydrogen) atoms. The fourth-order valence-electron chi connectivity index (χ4n) is 1.82. The zero-order valence-electron chi connectivity index (χ0n) is 13.5. The van der Waals surface area contributed by atoms with Crippen LogP contribution in [0, 0.1) is 0 Å². The highest BCUT2D eigenvalue weighted by atomic mass is 31.1. The van der Waals surface area contributed by atoms with Crippen LogP contribution in [0.5, 0.6) is 0 Å². The maximum Gasteiger partial charge on any atom is 0.168 e. The van der Waals surface area contributed by atoms with Gasteiger partial charge in [-0.05, 0) is 46.2 Å². The number of hydrogen-bond donors (Lipinski definition) is 0. The molecular weight excluding hydrogens is 269 g/mol. The summed E-state index contributed by atoms with van der Waals surface area (Å²) >= 11 is 0. The molecular formula is C16H28NO2P. The second-order valence-electron chi connectivity index (χ2n) is 5.58. The number of nitrogens with zero attached hydrogens (tertiary/aromatic N) is 1. The van der Waals surface area contributed by atoms with E-state index in [1.807, 2.05) is 6.92 Å². The van der Waals surface area contributed by atoms with Gasteiger partial charge in [0.2, 0.25) is 0 Å². The summed E-state index contributed by atoms with van der Waals surface area (Å²) in [4.78, 5) is 2.36. The number of rotatable bonds is 7. The molecule has 0 bridgehead atoms. The van der Waals surface area contributed by atoms with E-state index in [1.54, 1.807) is 0 Å². The van der Waals surface area contributed by atoms with Gasteiger partial charge in [-0.15, -0.1) is 0 Å². The number of allylic oxidation sites excluding steroid dienone is 2. The van der Waals surface area contributed by atoms with Gasteiger partial charge in [0.05, 0.1) is 0 Å². The SMILES string of the molecule is C=C(C)C1=C(C(=C)P(C)CCN(C)C(C)C)OCCO1. The van der Waals surface area contributed by atoms with Crippen molar-refractivity contribution >= 4 is 7.92 Å². The Balaban J connectivity index is 2.70. The van der Waals surface area contributed by atoms with Gasteiger partial charge >= 0.3 is 0 Å². The summed E-state index contributed by atoms with van der Waals surface area (Å²) in [6.07, 6.45) is 1.12. The summed E-state index contributed by atoms with van der Waals surface area (Å²) in [5.74, 6) is 1.61. The third-order valence-corrected chi connectivity index (χ3v) is 5.56. The Labute approximate surface area is 125 Å². The standard InChI is InChI=1S/C16H28NO2P/c1-12(2)15-16(19-10-9-18-15)14(5)20(7)11-8-17(6)13(3)4/h13H,1,5,8-11H2,2-4,6-7H3. The van der Waals surface area contributed by atoms with Crippen molar-refractivity contribution < 1.29 is 9.47 Å². The predicted octanol–water partition coefficient (Wildman–Crippen LogP) is 3.79. The molecule has 0 radical (unpaired) electrons. The van der Waals surface area contributed by atoms with E-state index < -0.39 is 0 Å². The molecule has 0 amide bonds. The summed E-state index contributed by atoms with van der Waals surface area (Å²) in [6, 6.07) is 0.575. The normalized spacial score (nSPS) is 16.9. The van der Waals surface area contributed by atoms with Crippen LogP contribution in [0.3, 0.4) is 0 Å². The van der Waals surface area contributed by atoms with Crippen molar-refractivity contribution in [1.82, 2.24) is 4.90 Å². The Bertz CT molecular complexity index is 401. The molecule has 0 spiro atoms. The van der Waals surface area contributed by atoms with E-state index in [4.69, 9.17) is 9.47 Å². The van der Waals surface area contributed by atoms with Crippen LogP contribution < -0.4 is 0 Å². The van der Waals surface area contributed by atoms with Gasteiger partial charge in [0, 0.05) is 17.9 Å². The first-order valence-corrected chi connectivity index (χ1v) is 9.08. The summed E-state index contributed by atoms with van der Waals surface area (Å²) < 4.78 is 11.5. The molecule has 1 atom stereocenters. The van der Waals surface area contributed by atoms with E-state index in [0.29, 0.717) is 19.3 Å². The second kappa shape index (κ2) is 7.85. The maximum absolute atomic E-state index is 5.79. The lowest BCUT2D eigenvalue weighted by Gasteiger charge is -2.28. The molecule has 1 rings (SSSR count). The monoisotopic (exact) mass is 297 g/mol. The zero-order valence-corrected chi connectivity index (χ0v) is 14.4. The number of hydrogen-bond acceptors (Lipinski definition) is 3. The Hall–Kier alpha value is -0.790. The fourth-order valence-corrected chi connectivity index (χ4v) is 3.22. The summed E-state index contributed by atoms with van der Waals surface area (Å²) in [7, 11) is 1.85. The molecule has 0 aromatic rings. The van der Waals surface area contributed by atoms with Crippen molar-refractivity contribution in [3.63, 3.8) is 0 Å². The van der Waals surface area contributed by atoms with Crippen molar-refractivity contribution in [2.75, 3.05) is 39.6 Å². The molecule has 3 nitrogen and oxygen atoms in total. The lowest BCUT2D eigenvalue weighted by Crippen LogP contribution is -2.28. The highest BCUT2D eigenvalue weighted by Crippen LogP contribution is 2.46. The molecule has 0 N–H and O–H groups in total. The van der Waals surface area contributed by atoms with Gasteiger partial charge in [-0.25, -0.2) is 0 Å². The summed E-state index contributed by atoms with van der Waals surface area (Å²) in [5.41, 5.74) is 0.906. The molecule has 114 valence electrons. The molecule has 1 aliphatic rings. The van der Waals surface area contributed by atoms with Crippen LogP contribution in [0.15, 0.2) is 35.6 Å². The van der Waals surface area contributed by atoms with Crippen molar-refractivity contribution in [3.8, 4) is 0 Å². The van der Waals surface area contributed by atoms with Crippen LogP contribution >= 0.6 is 7.92 Å². The molecule has 0 fully saturated rings. The van der Waals surface area contributed by atoms with Crippen LogP contribution in [-0.2, 0) is 9.47 Å². The third kappa shape index (κ3) is 4.64. The molecule has 0 aromatic heterocycles. The van der Waals surface area contributed by atoms with Gasteiger partial charge in [0.25, 0.3) is 0 Å². The van der Waals surface area contributed by atoms with Crippen molar-refractivity contribution in [2.24, 2.45) is 0 Å². The van der Waals surface area contributed by atoms with Crippen LogP contribution in [-0.4, -0.2) is 50.6 Å². The highest BCUT2D eigenvalue weighted by molar-refractivity contribution is 7.61. The second-order valence-corrected chi connectivity index (χ2v) is 7.96. The smallest absolute Gasteiger partial charge is 0.168 e. The van der Waals surface area contributed by atoms with E-state index in [2.05, 4.69) is 45.6 Å². The van der Waals surface area contributed by atoms with Gasteiger partial charge < -0.3 is 14.4 Å². The first-order valence-electron chi connectivity index (χ1n) is 7.11. The van der Waals surface area contributed by atoms with Crippen molar-refractivity contribution in [3.05, 3.63) is 35.6 Å². The Morgan fingerprint density at radius 1 is 1.25 bits per heavy atom. The fraction of sp³-hybridized carbons (Fsp3) is 0.625. The minimum absolute atomic E-state index is 0.313. The minimum Gasteiger partial charge on any atom is -0.486 e. The topological polar surface area (TPSA) is 21.7 Å². The van der Waals surface area contributed by atoms with Gasteiger partial charge in [-0.2, -0.15) is 0 Å². The van der Waals surface area contributed by atoms with Crippen molar-refractivity contribution in [2.45, 2.75) is 26.8 Å². The third-order valence-electron chi connectivity index (χ3n) is 3.56. The molecule has 0 aromatic carbocycles. The molecule has 0 saturated carbocycles. The highest BCUT2D eigenvalue weighted by Gasteiger charge is 2.22. The molecule has 0 saturated heterocycles. The molecule has 1 unspecified atom stereocenters. The molecule has 1 aliphatic heterocycles. The van der Waals surface area contributed by atoms with E-state index in [9.17, 15) is 0 Å². The average Bonchev–Trinajstić information content (AvgIpc) is 2.43. The first-order chi connectivity index (χ1) is 9.34. The Morgan fingerprint density at radius 2 is 1.80 bits per heavy atom. The quantitative estimate of drug-likeness (QED) is 0.667. The Morgan fingerprint density at radius 3 is 2.30 bits per heavy atom. The van der Waals surface area contributed by atoms with E-state index in [-0.39, 0.29) is 7.92 Å². The summed E-state index contributed by atoms with van der Waals surface area (Å²) in [6.45, 7) is 19.1. The average molecular weight is 297 g/mol. The molecule has 1 heterocycles. The first kappa shape index (κ1) is 17.3. The van der Waals surface area contributed by atoms with Gasteiger partial charge in [-0.1, -0.05) is 21.1 Å². The van der Waals surface area contributed by atoms with Crippen LogP contribution in [0.25, 0.3) is 0 Å². The lowest BCUT2D eigenvalue weighted by molar-refractivity contribution is 0.0737. The van der Waals surface area contributed by atoms with E-state index in [1.165, 1.54) is 0 Å². The van der Waals surface area contributed by atoms with Gasteiger partial charge in [-0.3, -0.25) is 0 Å². The van der Waals surface area contributed by atoms with Crippen molar-refractivity contribution in [1.29, 1.82) is 0 Å². The molecule has 0 aliphatic carbocycles. The number of ether oxygens (including phenoxy) is 2. The predicted molar refractivity (Wildman–Crippen MR) is 88.4 cm³/mol. The van der Waals surface area contributed by atoms with Crippen LogP contribution in [0.2, 0.25) is 0 Å². The largest absolute Gasteiger partial charge is 0.486 e. The van der Waals surface area contributed by atoms with Gasteiger partial charge in [0.15, 0.2) is 11.5 Å². The maximum atomic E-state index is 5.79. The zero-order chi connectivity index (χ0) is 15.3. The van der Waals surface area contributed by atoms with E-state index >= 15 is 0 Å². The van der Waals surface area contributed by atoms with Gasteiger partial charge in [0.1, 0.15) is 13.2 Å². The summed E-state index contributed by atoms with van der Waals surface area (Å²) in [5, 5.41) is 1.08. The molecule has 4 heteroatoms. The minimum atomic E-state index is -0.313. The van der Waals surface area contributed by atoms with E-state index in [0.717, 1.165) is 35.1 Å². The van der Waals surface area contributed by atoms with Crippen LogP contribution in [0.1, 0.15) is 20.8 Å². The Kier molecular flexibility index (Phi) is 6.78. The lowest BCUT2D eigenvalue weighted by atomic mass is 10.2.